The number of nitrogens with one attached hydrogen (secondary N) is 2. The fourth-order valence-corrected chi connectivity index (χ4v) is 1.99. The minimum atomic E-state index is -0.967. The predicted octanol–water partition coefficient (Wildman–Crippen LogP) is -0.555. The highest BCUT2D eigenvalue weighted by Crippen LogP contribution is 2.12. The van der Waals surface area contributed by atoms with Crippen LogP contribution in [-0.4, -0.2) is 41.5 Å². The Morgan fingerprint density at radius 3 is 2.58 bits per heavy atom. The highest BCUT2D eigenvalue weighted by atomic mass is 16.7. The summed E-state index contributed by atoms with van der Waals surface area (Å²) in [6.45, 7) is 0.579. The van der Waals surface area contributed by atoms with Crippen molar-refractivity contribution in [3.8, 4) is 0 Å². The standard InChI is InChI=1S/C11H15N3O5/c15-8-4-5-9(16)14(8)19-11(18)13-7-3-1-2-6-12-10(7)17/h7H,1-6H2,(H,12,17)(H,13,18)/t7-/m0/s1. The highest BCUT2D eigenvalue weighted by molar-refractivity contribution is 6.01. The topological polar surface area (TPSA) is 105 Å². The van der Waals surface area contributed by atoms with Gasteiger partial charge in [0.05, 0.1) is 0 Å². The normalized spacial score (nSPS) is 23.9. The summed E-state index contributed by atoms with van der Waals surface area (Å²) in [6, 6.07) is -0.692. The fraction of sp³-hybridized carbons (Fsp3) is 0.636. The first kappa shape index (κ1) is 13.3. The van der Waals surface area contributed by atoms with Crippen LogP contribution in [0.5, 0.6) is 0 Å². The molecule has 2 fully saturated rings. The molecule has 4 amide bonds. The molecular weight excluding hydrogens is 254 g/mol. The summed E-state index contributed by atoms with van der Waals surface area (Å²) in [7, 11) is 0. The van der Waals surface area contributed by atoms with Crippen LogP contribution in [-0.2, 0) is 19.2 Å². The van der Waals surface area contributed by atoms with E-state index in [0.717, 1.165) is 12.8 Å². The molecule has 0 radical (unpaired) electrons. The van der Waals surface area contributed by atoms with Crippen molar-refractivity contribution in [2.45, 2.75) is 38.1 Å². The molecule has 0 aromatic heterocycles. The Morgan fingerprint density at radius 1 is 1.21 bits per heavy atom. The summed E-state index contributed by atoms with van der Waals surface area (Å²) >= 11 is 0. The van der Waals surface area contributed by atoms with Gasteiger partial charge in [-0.05, 0) is 19.3 Å². The van der Waals surface area contributed by atoms with Crippen LogP contribution < -0.4 is 10.6 Å². The van der Waals surface area contributed by atoms with Crippen molar-refractivity contribution in [2.75, 3.05) is 6.54 Å². The minimum absolute atomic E-state index is 0.0377. The van der Waals surface area contributed by atoms with Crippen LogP contribution in [0.3, 0.4) is 0 Å². The van der Waals surface area contributed by atoms with Crippen molar-refractivity contribution in [1.29, 1.82) is 0 Å². The van der Waals surface area contributed by atoms with Gasteiger partial charge < -0.3 is 15.5 Å². The first-order valence-corrected chi connectivity index (χ1v) is 6.20. The Kier molecular flexibility index (Phi) is 3.98. The maximum absolute atomic E-state index is 11.6. The average molecular weight is 269 g/mol. The molecule has 1 atom stereocenters. The molecule has 0 bridgehead atoms. The molecule has 0 unspecified atom stereocenters. The van der Waals surface area contributed by atoms with E-state index in [1.54, 1.807) is 0 Å². The van der Waals surface area contributed by atoms with Crippen LogP contribution in [0.15, 0.2) is 0 Å². The van der Waals surface area contributed by atoms with Gasteiger partial charge in [-0.3, -0.25) is 14.4 Å². The van der Waals surface area contributed by atoms with Gasteiger partial charge in [0.15, 0.2) is 0 Å². The Morgan fingerprint density at radius 2 is 1.89 bits per heavy atom. The summed E-state index contributed by atoms with van der Waals surface area (Å²) in [5.74, 6) is -1.38. The number of imide groups is 1. The molecule has 8 nitrogen and oxygen atoms in total. The van der Waals surface area contributed by atoms with E-state index in [4.69, 9.17) is 0 Å². The zero-order valence-electron chi connectivity index (χ0n) is 10.3. The summed E-state index contributed by atoms with van der Waals surface area (Å²) in [5.41, 5.74) is 0. The average Bonchev–Trinajstić information content (AvgIpc) is 2.57. The lowest BCUT2D eigenvalue weighted by Gasteiger charge is -2.17. The largest absolute Gasteiger partial charge is 0.432 e. The number of hydrogen-bond donors (Lipinski definition) is 2. The molecule has 2 heterocycles. The fourth-order valence-electron chi connectivity index (χ4n) is 1.99. The Balaban J connectivity index is 1.88. The molecule has 104 valence electrons. The van der Waals surface area contributed by atoms with Gasteiger partial charge in [-0.25, -0.2) is 4.79 Å². The van der Waals surface area contributed by atoms with E-state index >= 15 is 0 Å². The molecule has 2 saturated heterocycles. The molecule has 19 heavy (non-hydrogen) atoms. The number of carbonyl (C=O) groups excluding carboxylic acids is 4. The molecule has 0 aromatic rings. The van der Waals surface area contributed by atoms with E-state index in [-0.39, 0.29) is 18.7 Å². The van der Waals surface area contributed by atoms with Gasteiger partial charge >= 0.3 is 6.09 Å². The minimum Gasteiger partial charge on any atom is -0.354 e. The quantitative estimate of drug-likeness (QED) is 0.654. The zero-order valence-corrected chi connectivity index (χ0v) is 10.3. The van der Waals surface area contributed by atoms with Crippen LogP contribution in [0.25, 0.3) is 0 Å². The first-order chi connectivity index (χ1) is 9.08. The molecule has 2 aliphatic heterocycles. The third-order valence-electron chi connectivity index (χ3n) is 3.01. The summed E-state index contributed by atoms with van der Waals surface area (Å²) in [5, 5.41) is 5.46. The van der Waals surface area contributed by atoms with Gasteiger partial charge in [-0.15, -0.1) is 5.06 Å². The number of carbonyl (C=O) groups is 4. The number of amides is 4. The van der Waals surface area contributed by atoms with E-state index < -0.39 is 23.9 Å². The Labute approximate surface area is 109 Å². The lowest BCUT2D eigenvalue weighted by atomic mass is 10.1. The summed E-state index contributed by atoms with van der Waals surface area (Å²) in [6.07, 6.45) is 1.26. The van der Waals surface area contributed by atoms with Crippen LogP contribution in [0.4, 0.5) is 4.79 Å². The van der Waals surface area contributed by atoms with Gasteiger partial charge in [-0.1, -0.05) is 0 Å². The number of hydroxylamine groups is 2. The van der Waals surface area contributed by atoms with Crippen molar-refractivity contribution in [3.63, 3.8) is 0 Å². The number of rotatable bonds is 2. The number of nitrogens with zero attached hydrogens (tertiary/aromatic N) is 1. The molecule has 2 rings (SSSR count). The molecular formula is C11H15N3O5. The third kappa shape index (κ3) is 3.21. The molecule has 8 heteroatoms. The summed E-state index contributed by atoms with van der Waals surface area (Å²) in [4.78, 5) is 50.3. The molecule has 0 aliphatic carbocycles. The molecule has 0 spiro atoms. The second kappa shape index (κ2) is 5.68. The van der Waals surface area contributed by atoms with Gasteiger partial charge in [0.2, 0.25) is 5.91 Å². The Hall–Kier alpha value is -2.12. The van der Waals surface area contributed by atoms with E-state index in [1.165, 1.54) is 0 Å². The Bertz CT molecular complexity index is 407. The second-order valence-electron chi connectivity index (χ2n) is 4.44. The highest BCUT2D eigenvalue weighted by Gasteiger charge is 2.34. The van der Waals surface area contributed by atoms with Crippen LogP contribution in [0.1, 0.15) is 32.1 Å². The van der Waals surface area contributed by atoms with E-state index in [0.29, 0.717) is 18.0 Å². The van der Waals surface area contributed by atoms with Gasteiger partial charge in [-0.2, -0.15) is 0 Å². The maximum atomic E-state index is 11.6. The molecule has 2 aliphatic rings. The monoisotopic (exact) mass is 269 g/mol. The van der Waals surface area contributed by atoms with E-state index in [9.17, 15) is 19.2 Å². The van der Waals surface area contributed by atoms with Gasteiger partial charge in [0.1, 0.15) is 6.04 Å². The van der Waals surface area contributed by atoms with Crippen molar-refractivity contribution in [2.24, 2.45) is 0 Å². The molecule has 2 N–H and O–H groups in total. The van der Waals surface area contributed by atoms with Crippen molar-refractivity contribution in [1.82, 2.24) is 15.7 Å². The summed E-state index contributed by atoms with van der Waals surface area (Å²) < 4.78 is 0. The smallest absolute Gasteiger partial charge is 0.354 e. The molecule has 0 saturated carbocycles. The van der Waals surface area contributed by atoms with E-state index in [2.05, 4.69) is 15.5 Å². The first-order valence-electron chi connectivity index (χ1n) is 6.20. The molecule has 0 aromatic carbocycles. The van der Waals surface area contributed by atoms with Gasteiger partial charge in [0, 0.05) is 19.4 Å². The van der Waals surface area contributed by atoms with Crippen molar-refractivity contribution in [3.05, 3.63) is 0 Å². The third-order valence-corrected chi connectivity index (χ3v) is 3.01. The van der Waals surface area contributed by atoms with Crippen molar-refractivity contribution < 1.29 is 24.0 Å². The van der Waals surface area contributed by atoms with Crippen LogP contribution >= 0.6 is 0 Å². The number of hydrogen-bond acceptors (Lipinski definition) is 5. The SMILES string of the molecule is O=C(N[C@H]1CCCCNC1=O)ON1C(=O)CCC1=O. The van der Waals surface area contributed by atoms with Crippen molar-refractivity contribution >= 4 is 23.8 Å². The maximum Gasteiger partial charge on any atom is 0.432 e. The lowest BCUT2D eigenvalue weighted by Crippen LogP contribution is -2.47. The van der Waals surface area contributed by atoms with Gasteiger partial charge in [0.25, 0.3) is 11.8 Å². The van der Waals surface area contributed by atoms with Crippen LogP contribution in [0.2, 0.25) is 0 Å². The predicted molar refractivity (Wildman–Crippen MR) is 61.4 cm³/mol. The van der Waals surface area contributed by atoms with Crippen LogP contribution in [0, 0.1) is 0 Å². The van der Waals surface area contributed by atoms with E-state index in [1.807, 2.05) is 0 Å². The zero-order chi connectivity index (χ0) is 13.8. The lowest BCUT2D eigenvalue weighted by molar-refractivity contribution is -0.171. The second-order valence-corrected chi connectivity index (χ2v) is 4.44.